The number of nitrogens with one attached hydrogen (secondary N) is 1. The molecule has 2 aromatic heterocycles. The number of aromatic nitrogens is 4. The predicted octanol–water partition coefficient (Wildman–Crippen LogP) is 0.974. The maximum Gasteiger partial charge on any atom is 0.330 e. The van der Waals surface area contributed by atoms with E-state index in [1.165, 1.54) is 6.92 Å². The van der Waals surface area contributed by atoms with E-state index in [1.54, 1.807) is 0 Å². The normalized spacial score (nSPS) is 11.2. The topological polar surface area (TPSA) is 89.8 Å². The van der Waals surface area contributed by atoms with Gasteiger partial charge in [0.15, 0.2) is 11.2 Å². The number of aryl methyl sites for hydroxylation is 2. The maximum atomic E-state index is 12.5. The highest BCUT2D eigenvalue weighted by Gasteiger charge is 2.15. The molecule has 0 amide bonds. The first-order chi connectivity index (χ1) is 9.95. The van der Waals surface area contributed by atoms with Crippen molar-refractivity contribution in [3.63, 3.8) is 0 Å². The summed E-state index contributed by atoms with van der Waals surface area (Å²) in [6, 6.07) is 0. The molecule has 2 heterocycles. The van der Waals surface area contributed by atoms with Crippen molar-refractivity contribution in [1.29, 1.82) is 0 Å². The van der Waals surface area contributed by atoms with Crippen LogP contribution in [0.1, 0.15) is 38.9 Å². The summed E-state index contributed by atoms with van der Waals surface area (Å²) in [6.07, 6.45) is 1.71. The molecule has 0 aliphatic carbocycles. The predicted molar refractivity (Wildman–Crippen MR) is 79.6 cm³/mol. The number of carbonyl (C=O) groups excluding carboxylic acids is 1. The second-order valence-corrected chi connectivity index (χ2v) is 5.20. The Morgan fingerprint density at radius 3 is 2.57 bits per heavy atom. The van der Waals surface area contributed by atoms with Crippen LogP contribution in [0.4, 0.5) is 0 Å². The highest BCUT2D eigenvalue weighted by molar-refractivity contribution is 5.75. The van der Waals surface area contributed by atoms with Crippen LogP contribution in [0.2, 0.25) is 0 Å². The van der Waals surface area contributed by atoms with Crippen molar-refractivity contribution in [2.75, 3.05) is 0 Å². The van der Waals surface area contributed by atoms with Gasteiger partial charge in [0.05, 0.1) is 0 Å². The zero-order valence-corrected chi connectivity index (χ0v) is 12.6. The smallest absolute Gasteiger partial charge is 0.322 e. The zero-order valence-electron chi connectivity index (χ0n) is 12.6. The van der Waals surface area contributed by atoms with E-state index in [0.29, 0.717) is 36.4 Å². The lowest BCUT2D eigenvalue weighted by atomic mass is 10.2. The molecule has 7 nitrogen and oxygen atoms in total. The summed E-state index contributed by atoms with van der Waals surface area (Å²) in [5, 5.41) is 0. The van der Waals surface area contributed by atoms with Gasteiger partial charge in [0, 0.05) is 19.5 Å². The summed E-state index contributed by atoms with van der Waals surface area (Å²) >= 11 is 0. The van der Waals surface area contributed by atoms with E-state index in [4.69, 9.17) is 0 Å². The molecule has 0 aliphatic heterocycles. The Morgan fingerprint density at radius 2 is 1.95 bits per heavy atom. The van der Waals surface area contributed by atoms with Crippen molar-refractivity contribution < 1.29 is 4.79 Å². The van der Waals surface area contributed by atoms with E-state index in [1.807, 2.05) is 18.4 Å². The molecule has 7 heteroatoms. The van der Waals surface area contributed by atoms with Crippen molar-refractivity contribution >= 4 is 16.9 Å². The van der Waals surface area contributed by atoms with Crippen LogP contribution in [-0.2, 0) is 17.9 Å². The molecule has 0 radical (unpaired) electrons. The Morgan fingerprint density at radius 1 is 1.24 bits per heavy atom. The number of nitrogens with zero attached hydrogens (tertiary/aromatic N) is 3. The molecule has 0 saturated heterocycles. The van der Waals surface area contributed by atoms with Crippen LogP contribution in [0.15, 0.2) is 9.59 Å². The number of aromatic amines is 1. The molecule has 21 heavy (non-hydrogen) atoms. The third-order valence-electron chi connectivity index (χ3n) is 3.43. The van der Waals surface area contributed by atoms with Crippen molar-refractivity contribution in [3.8, 4) is 0 Å². The molecule has 2 aromatic rings. The number of ketones is 1. The van der Waals surface area contributed by atoms with Crippen LogP contribution in [0.25, 0.3) is 11.2 Å². The number of Topliss-reactive ketones (excluding diaryl/α,β-unsaturated/α-hetero) is 1. The van der Waals surface area contributed by atoms with Crippen LogP contribution in [0.5, 0.6) is 0 Å². The number of H-pyrrole nitrogens is 1. The van der Waals surface area contributed by atoms with E-state index >= 15 is 0 Å². The number of imidazole rings is 1. The monoisotopic (exact) mass is 292 g/mol. The van der Waals surface area contributed by atoms with Crippen molar-refractivity contribution in [1.82, 2.24) is 19.1 Å². The lowest BCUT2D eigenvalue weighted by molar-refractivity contribution is -0.117. The molecule has 0 unspecified atom stereocenters. The number of fused-ring (bicyclic) bond motifs is 1. The number of hydrogen-bond donors (Lipinski definition) is 1. The van der Waals surface area contributed by atoms with Crippen molar-refractivity contribution in [2.45, 2.75) is 53.1 Å². The Labute approximate surface area is 121 Å². The third kappa shape index (κ3) is 2.96. The van der Waals surface area contributed by atoms with E-state index < -0.39 is 5.69 Å². The standard InChI is InChI=1S/C14H20N4O3/c1-4-7-17-10(3)15-12-11(17)13(20)18(14(21)16-12)8-5-6-9(2)19/h4-8H2,1-3H3,(H,16,21). The summed E-state index contributed by atoms with van der Waals surface area (Å²) in [5.74, 6) is 0.758. The van der Waals surface area contributed by atoms with Gasteiger partial charge < -0.3 is 9.36 Å². The summed E-state index contributed by atoms with van der Waals surface area (Å²) in [4.78, 5) is 42.4. The van der Waals surface area contributed by atoms with Gasteiger partial charge in [-0.15, -0.1) is 0 Å². The molecule has 0 aliphatic rings. The highest BCUT2D eigenvalue weighted by atomic mass is 16.2. The summed E-state index contributed by atoms with van der Waals surface area (Å²) in [5.41, 5.74) is -0.0564. The van der Waals surface area contributed by atoms with Gasteiger partial charge in [0.2, 0.25) is 0 Å². The quantitative estimate of drug-likeness (QED) is 0.859. The fourth-order valence-electron chi connectivity index (χ4n) is 2.44. The van der Waals surface area contributed by atoms with E-state index in [0.717, 1.165) is 11.0 Å². The largest absolute Gasteiger partial charge is 0.330 e. The molecule has 0 saturated carbocycles. The summed E-state index contributed by atoms with van der Waals surface area (Å²) < 4.78 is 2.98. The average molecular weight is 292 g/mol. The van der Waals surface area contributed by atoms with Crippen LogP contribution < -0.4 is 11.2 Å². The molecule has 0 bridgehead atoms. The first-order valence-electron chi connectivity index (χ1n) is 7.15. The molecule has 1 N–H and O–H groups in total. The average Bonchev–Trinajstić information content (AvgIpc) is 2.70. The first-order valence-corrected chi connectivity index (χ1v) is 7.15. The zero-order chi connectivity index (χ0) is 15.6. The molecule has 0 fully saturated rings. The number of rotatable bonds is 6. The molecule has 0 spiro atoms. The molecular formula is C14H20N4O3. The number of carbonyl (C=O) groups is 1. The van der Waals surface area contributed by atoms with Gasteiger partial charge in [-0.25, -0.2) is 9.78 Å². The third-order valence-corrected chi connectivity index (χ3v) is 3.43. The lowest BCUT2D eigenvalue weighted by Gasteiger charge is -2.06. The minimum Gasteiger partial charge on any atom is -0.322 e. The summed E-state index contributed by atoms with van der Waals surface area (Å²) in [6.45, 7) is 6.24. The van der Waals surface area contributed by atoms with Gasteiger partial charge in [-0.2, -0.15) is 0 Å². The van der Waals surface area contributed by atoms with Gasteiger partial charge in [0.25, 0.3) is 5.56 Å². The number of hydrogen-bond acceptors (Lipinski definition) is 4. The maximum absolute atomic E-state index is 12.5. The molecule has 0 aromatic carbocycles. The highest BCUT2D eigenvalue weighted by Crippen LogP contribution is 2.09. The second-order valence-electron chi connectivity index (χ2n) is 5.20. The minimum absolute atomic E-state index is 0.0485. The van der Waals surface area contributed by atoms with Crippen LogP contribution in [0, 0.1) is 6.92 Å². The Balaban J connectivity index is 2.52. The Hall–Kier alpha value is -2.18. The summed E-state index contributed by atoms with van der Waals surface area (Å²) in [7, 11) is 0. The van der Waals surface area contributed by atoms with E-state index in [2.05, 4.69) is 9.97 Å². The molecular weight excluding hydrogens is 272 g/mol. The lowest BCUT2D eigenvalue weighted by Crippen LogP contribution is -2.36. The van der Waals surface area contributed by atoms with Crippen LogP contribution in [0.3, 0.4) is 0 Å². The fourth-order valence-corrected chi connectivity index (χ4v) is 2.44. The fraction of sp³-hybridized carbons (Fsp3) is 0.571. The van der Waals surface area contributed by atoms with E-state index in [9.17, 15) is 14.4 Å². The molecule has 0 atom stereocenters. The van der Waals surface area contributed by atoms with Gasteiger partial charge >= 0.3 is 5.69 Å². The van der Waals surface area contributed by atoms with Crippen molar-refractivity contribution in [2.24, 2.45) is 0 Å². The van der Waals surface area contributed by atoms with Gasteiger partial charge in [-0.05, 0) is 26.7 Å². The van der Waals surface area contributed by atoms with Gasteiger partial charge in [-0.1, -0.05) is 6.92 Å². The molecule has 2 rings (SSSR count). The van der Waals surface area contributed by atoms with E-state index in [-0.39, 0.29) is 17.9 Å². The van der Waals surface area contributed by atoms with Crippen LogP contribution >= 0.6 is 0 Å². The Kier molecular flexibility index (Phi) is 4.40. The molecule has 114 valence electrons. The minimum atomic E-state index is -0.475. The first kappa shape index (κ1) is 15.2. The SMILES string of the molecule is CCCn1c(C)nc2[nH]c(=O)n(CCCC(C)=O)c(=O)c21. The van der Waals surface area contributed by atoms with Crippen molar-refractivity contribution in [3.05, 3.63) is 26.7 Å². The Bertz CT molecular complexity index is 782. The second kappa shape index (κ2) is 6.07. The van der Waals surface area contributed by atoms with Crippen LogP contribution in [-0.4, -0.2) is 24.9 Å². The van der Waals surface area contributed by atoms with Gasteiger partial charge in [0.1, 0.15) is 11.6 Å². The van der Waals surface area contributed by atoms with Gasteiger partial charge in [-0.3, -0.25) is 14.3 Å².